The molecule has 0 fully saturated rings. The largest absolute Gasteiger partial charge is 0.323 e. The third-order valence-corrected chi connectivity index (χ3v) is 5.34. The average Bonchev–Trinajstić information content (AvgIpc) is 3.36. The highest BCUT2D eigenvalue weighted by atomic mass is 15.1. The molecule has 0 N–H and O–H groups in total. The van der Waals surface area contributed by atoms with Gasteiger partial charge in [0.05, 0.1) is 11.0 Å². The summed E-state index contributed by atoms with van der Waals surface area (Å²) in [5.41, 5.74) is 5.56. The SMILES string of the molecule is c1ccc(-n2c(-c3cccc4cn5cccc5cc34)nc3ccccc32)cc1. The molecular formula is C25H17N3. The van der Waals surface area contributed by atoms with Gasteiger partial charge in [0.2, 0.25) is 0 Å². The topological polar surface area (TPSA) is 22.2 Å². The lowest BCUT2D eigenvalue weighted by Gasteiger charge is -2.12. The van der Waals surface area contributed by atoms with Gasteiger partial charge in [-0.05, 0) is 53.2 Å². The lowest BCUT2D eigenvalue weighted by atomic mass is 10.1. The number of hydrogen-bond acceptors (Lipinski definition) is 1. The summed E-state index contributed by atoms with van der Waals surface area (Å²) in [6.07, 6.45) is 4.27. The Bertz CT molecular complexity index is 1460. The first kappa shape index (κ1) is 15.2. The van der Waals surface area contributed by atoms with Crippen molar-refractivity contribution in [3.05, 3.63) is 103 Å². The standard InChI is InChI=1S/C25H17N3/c1-2-9-19(10-3-1)28-24-14-5-4-13-23(24)26-25(28)21-12-6-8-18-17-27-15-7-11-20(27)16-22(18)21/h1-17H. The quantitative estimate of drug-likeness (QED) is 0.366. The number of hydrogen-bond donors (Lipinski definition) is 0. The van der Waals surface area contributed by atoms with E-state index in [1.807, 2.05) is 12.1 Å². The van der Waals surface area contributed by atoms with E-state index in [0.717, 1.165) is 28.1 Å². The van der Waals surface area contributed by atoms with Crippen LogP contribution in [0.1, 0.15) is 0 Å². The Morgan fingerprint density at radius 1 is 0.714 bits per heavy atom. The summed E-state index contributed by atoms with van der Waals surface area (Å²) in [5, 5.41) is 2.41. The molecule has 0 aliphatic rings. The first-order chi connectivity index (χ1) is 13.9. The predicted octanol–water partition coefficient (Wildman–Crippen LogP) is 6.10. The fourth-order valence-electron chi connectivity index (χ4n) is 4.04. The zero-order valence-corrected chi connectivity index (χ0v) is 15.2. The number of aromatic nitrogens is 3. The van der Waals surface area contributed by atoms with Crippen LogP contribution in [0.4, 0.5) is 0 Å². The van der Waals surface area contributed by atoms with Crippen LogP contribution in [0.5, 0.6) is 0 Å². The highest BCUT2D eigenvalue weighted by Gasteiger charge is 2.16. The second-order valence-corrected chi connectivity index (χ2v) is 7.02. The fraction of sp³-hybridized carbons (Fsp3) is 0. The van der Waals surface area contributed by atoms with Gasteiger partial charge >= 0.3 is 0 Å². The summed E-state index contributed by atoms with van der Waals surface area (Å²) in [6, 6.07) is 31.7. The van der Waals surface area contributed by atoms with E-state index in [2.05, 4.69) is 100 Å². The summed E-state index contributed by atoms with van der Waals surface area (Å²) < 4.78 is 4.42. The van der Waals surface area contributed by atoms with E-state index >= 15 is 0 Å². The minimum atomic E-state index is 0.967. The Morgan fingerprint density at radius 2 is 1.57 bits per heavy atom. The van der Waals surface area contributed by atoms with Gasteiger partial charge in [-0.3, -0.25) is 4.57 Å². The molecule has 0 aliphatic heterocycles. The van der Waals surface area contributed by atoms with Crippen LogP contribution in [0.2, 0.25) is 0 Å². The van der Waals surface area contributed by atoms with Gasteiger partial charge in [-0.2, -0.15) is 0 Å². The van der Waals surface area contributed by atoms with Crippen molar-refractivity contribution < 1.29 is 0 Å². The summed E-state index contributed by atoms with van der Waals surface area (Å²) in [7, 11) is 0. The second kappa shape index (κ2) is 5.83. The summed E-state index contributed by atoms with van der Waals surface area (Å²) in [6.45, 7) is 0. The number of rotatable bonds is 2. The van der Waals surface area contributed by atoms with Crippen LogP contribution < -0.4 is 0 Å². The van der Waals surface area contributed by atoms with Gasteiger partial charge in [0.1, 0.15) is 5.82 Å². The summed E-state index contributed by atoms with van der Waals surface area (Å²) >= 11 is 0. The number of fused-ring (bicyclic) bond motifs is 3. The number of benzene rings is 3. The molecule has 0 saturated carbocycles. The van der Waals surface area contributed by atoms with Gasteiger partial charge in [-0.15, -0.1) is 0 Å². The molecule has 0 spiro atoms. The van der Waals surface area contributed by atoms with Crippen LogP contribution >= 0.6 is 0 Å². The molecule has 3 heteroatoms. The summed E-state index contributed by atoms with van der Waals surface area (Å²) in [4.78, 5) is 5.03. The minimum absolute atomic E-state index is 0.967. The molecule has 3 heterocycles. The van der Waals surface area contributed by atoms with Gasteiger partial charge in [0.25, 0.3) is 0 Å². The molecule has 0 bridgehead atoms. The normalized spacial score (nSPS) is 11.6. The van der Waals surface area contributed by atoms with Crippen molar-refractivity contribution in [1.29, 1.82) is 0 Å². The van der Waals surface area contributed by atoms with E-state index in [1.165, 1.54) is 16.3 Å². The first-order valence-electron chi connectivity index (χ1n) is 9.41. The van der Waals surface area contributed by atoms with Crippen molar-refractivity contribution in [2.75, 3.05) is 0 Å². The van der Waals surface area contributed by atoms with Crippen LogP contribution in [0, 0.1) is 0 Å². The molecule has 6 rings (SSSR count). The van der Waals surface area contributed by atoms with Gasteiger partial charge in [0.15, 0.2) is 0 Å². The van der Waals surface area contributed by atoms with E-state index < -0.39 is 0 Å². The highest BCUT2D eigenvalue weighted by molar-refractivity contribution is 5.99. The van der Waals surface area contributed by atoms with Crippen LogP contribution in [0.25, 0.3) is 44.4 Å². The van der Waals surface area contributed by atoms with Crippen LogP contribution in [0.15, 0.2) is 103 Å². The number of pyridine rings is 1. The van der Waals surface area contributed by atoms with Crippen molar-refractivity contribution >= 4 is 27.3 Å². The highest BCUT2D eigenvalue weighted by Crippen LogP contribution is 2.33. The maximum absolute atomic E-state index is 5.03. The van der Waals surface area contributed by atoms with Crippen molar-refractivity contribution in [3.8, 4) is 17.1 Å². The Labute approximate surface area is 162 Å². The van der Waals surface area contributed by atoms with Gasteiger partial charge in [-0.25, -0.2) is 4.98 Å². The lowest BCUT2D eigenvalue weighted by Crippen LogP contribution is -1.98. The van der Waals surface area contributed by atoms with E-state index in [-0.39, 0.29) is 0 Å². The molecule has 3 aromatic carbocycles. The van der Waals surface area contributed by atoms with Gasteiger partial charge < -0.3 is 4.40 Å². The Balaban J connectivity index is 1.74. The zero-order chi connectivity index (χ0) is 18.5. The van der Waals surface area contributed by atoms with E-state index in [1.54, 1.807) is 0 Å². The Morgan fingerprint density at radius 3 is 2.50 bits per heavy atom. The van der Waals surface area contributed by atoms with Gasteiger partial charge in [0, 0.05) is 29.2 Å². The third kappa shape index (κ3) is 2.20. The average molecular weight is 359 g/mol. The Hall–Kier alpha value is -3.85. The molecule has 132 valence electrons. The molecule has 6 aromatic rings. The number of imidazole rings is 1. The van der Waals surface area contributed by atoms with Gasteiger partial charge in [-0.1, -0.05) is 48.5 Å². The molecular weight excluding hydrogens is 342 g/mol. The lowest BCUT2D eigenvalue weighted by molar-refractivity contribution is 1.10. The number of para-hydroxylation sites is 3. The molecule has 0 unspecified atom stereocenters. The van der Waals surface area contributed by atoms with Crippen molar-refractivity contribution in [2.45, 2.75) is 0 Å². The fourth-order valence-corrected chi connectivity index (χ4v) is 4.04. The van der Waals surface area contributed by atoms with E-state index in [9.17, 15) is 0 Å². The van der Waals surface area contributed by atoms with E-state index in [4.69, 9.17) is 4.98 Å². The predicted molar refractivity (Wildman–Crippen MR) is 115 cm³/mol. The van der Waals surface area contributed by atoms with Crippen molar-refractivity contribution in [3.63, 3.8) is 0 Å². The molecule has 0 aliphatic carbocycles. The van der Waals surface area contributed by atoms with Crippen LogP contribution in [-0.2, 0) is 0 Å². The van der Waals surface area contributed by atoms with Crippen molar-refractivity contribution in [2.24, 2.45) is 0 Å². The summed E-state index contributed by atoms with van der Waals surface area (Å²) in [5.74, 6) is 0.967. The molecule has 0 amide bonds. The smallest absolute Gasteiger partial charge is 0.146 e. The minimum Gasteiger partial charge on any atom is -0.323 e. The molecule has 3 aromatic heterocycles. The second-order valence-electron chi connectivity index (χ2n) is 7.02. The third-order valence-electron chi connectivity index (χ3n) is 5.34. The monoisotopic (exact) mass is 359 g/mol. The zero-order valence-electron chi connectivity index (χ0n) is 15.2. The molecule has 3 nitrogen and oxygen atoms in total. The Kier molecular flexibility index (Phi) is 3.17. The van der Waals surface area contributed by atoms with Crippen LogP contribution in [-0.4, -0.2) is 14.0 Å². The first-order valence-corrected chi connectivity index (χ1v) is 9.41. The maximum Gasteiger partial charge on any atom is 0.146 e. The van der Waals surface area contributed by atoms with Crippen LogP contribution in [0.3, 0.4) is 0 Å². The maximum atomic E-state index is 5.03. The molecule has 0 radical (unpaired) electrons. The molecule has 28 heavy (non-hydrogen) atoms. The number of nitrogens with zero attached hydrogens (tertiary/aromatic N) is 3. The van der Waals surface area contributed by atoms with Crippen molar-refractivity contribution in [1.82, 2.24) is 14.0 Å². The van der Waals surface area contributed by atoms with E-state index in [0.29, 0.717) is 0 Å². The molecule has 0 saturated heterocycles. The molecule has 0 atom stereocenters.